The van der Waals surface area contributed by atoms with Gasteiger partial charge < -0.3 is 10.4 Å². The van der Waals surface area contributed by atoms with Crippen molar-refractivity contribution in [2.75, 3.05) is 13.1 Å². The van der Waals surface area contributed by atoms with Crippen molar-refractivity contribution in [1.82, 2.24) is 5.32 Å². The van der Waals surface area contributed by atoms with Crippen LogP contribution in [-0.2, 0) is 6.42 Å². The predicted molar refractivity (Wildman–Crippen MR) is 68.5 cm³/mol. The van der Waals surface area contributed by atoms with E-state index in [0.717, 1.165) is 18.5 Å². The zero-order chi connectivity index (χ0) is 12.0. The van der Waals surface area contributed by atoms with Crippen LogP contribution in [0, 0.1) is 5.92 Å². The van der Waals surface area contributed by atoms with Crippen LogP contribution in [0.5, 0.6) is 0 Å². The maximum Gasteiger partial charge on any atom is 0.0914 e. The highest BCUT2D eigenvalue weighted by Crippen LogP contribution is 2.14. The first-order valence-electron chi connectivity index (χ1n) is 6.11. The highest BCUT2D eigenvalue weighted by atomic mass is 16.3. The van der Waals surface area contributed by atoms with Gasteiger partial charge >= 0.3 is 0 Å². The molecule has 0 radical (unpaired) electrons. The maximum absolute atomic E-state index is 9.99. The summed E-state index contributed by atoms with van der Waals surface area (Å²) in [5.74, 6) is 0.620. The van der Waals surface area contributed by atoms with Crippen molar-refractivity contribution in [2.45, 2.75) is 33.3 Å². The molecule has 1 aromatic rings. The topological polar surface area (TPSA) is 32.3 Å². The monoisotopic (exact) mass is 221 g/mol. The van der Waals surface area contributed by atoms with Gasteiger partial charge in [-0.2, -0.15) is 0 Å². The molecule has 0 amide bonds. The first-order valence-corrected chi connectivity index (χ1v) is 6.11. The third kappa shape index (κ3) is 4.33. The van der Waals surface area contributed by atoms with E-state index in [1.807, 2.05) is 12.1 Å². The summed E-state index contributed by atoms with van der Waals surface area (Å²) >= 11 is 0. The lowest BCUT2D eigenvalue weighted by Gasteiger charge is -2.14. The second-order valence-corrected chi connectivity index (χ2v) is 4.67. The number of rotatable bonds is 6. The van der Waals surface area contributed by atoms with Crippen molar-refractivity contribution in [3.8, 4) is 0 Å². The molecule has 0 saturated carbocycles. The minimum Gasteiger partial charge on any atom is -0.387 e. The Balaban J connectivity index is 2.48. The van der Waals surface area contributed by atoms with Gasteiger partial charge in [0.05, 0.1) is 6.10 Å². The van der Waals surface area contributed by atoms with Crippen molar-refractivity contribution < 1.29 is 5.11 Å². The highest BCUT2D eigenvalue weighted by molar-refractivity contribution is 5.25. The molecule has 0 bridgehead atoms. The lowest BCUT2D eigenvalue weighted by molar-refractivity contribution is 0.173. The fourth-order valence-corrected chi connectivity index (χ4v) is 1.65. The van der Waals surface area contributed by atoms with Crippen LogP contribution in [0.3, 0.4) is 0 Å². The van der Waals surface area contributed by atoms with Crippen LogP contribution in [0.15, 0.2) is 24.3 Å². The van der Waals surface area contributed by atoms with Crippen LogP contribution in [0.1, 0.15) is 38.0 Å². The van der Waals surface area contributed by atoms with Crippen LogP contribution in [0.4, 0.5) is 0 Å². The summed E-state index contributed by atoms with van der Waals surface area (Å²) in [7, 11) is 0. The fraction of sp³-hybridized carbons (Fsp3) is 0.571. The average Bonchev–Trinajstić information content (AvgIpc) is 2.28. The molecule has 90 valence electrons. The van der Waals surface area contributed by atoms with Crippen molar-refractivity contribution in [2.24, 2.45) is 5.92 Å². The number of nitrogens with one attached hydrogen (secondary N) is 1. The lowest BCUT2D eigenvalue weighted by Crippen LogP contribution is -2.25. The molecule has 2 nitrogen and oxygen atoms in total. The van der Waals surface area contributed by atoms with Crippen LogP contribution < -0.4 is 5.32 Å². The molecule has 16 heavy (non-hydrogen) atoms. The smallest absolute Gasteiger partial charge is 0.0914 e. The Kier molecular flexibility index (Phi) is 5.50. The number of aliphatic hydroxyl groups excluding tert-OH is 1. The SMILES string of the molecule is CCc1cccc(C(O)CNCC(C)C)c1. The van der Waals surface area contributed by atoms with E-state index in [-0.39, 0.29) is 0 Å². The van der Waals surface area contributed by atoms with Crippen molar-refractivity contribution >= 4 is 0 Å². The summed E-state index contributed by atoms with van der Waals surface area (Å²) in [5.41, 5.74) is 2.29. The molecule has 1 aromatic carbocycles. The Labute approximate surface area is 98.7 Å². The predicted octanol–water partition coefficient (Wildman–Crippen LogP) is 2.53. The van der Waals surface area contributed by atoms with Crippen LogP contribution in [0.2, 0.25) is 0 Å². The van der Waals surface area contributed by atoms with Crippen molar-refractivity contribution in [3.05, 3.63) is 35.4 Å². The Morgan fingerprint density at radius 2 is 2.00 bits per heavy atom. The van der Waals surface area contributed by atoms with Gasteiger partial charge in [-0.1, -0.05) is 45.0 Å². The Bertz CT molecular complexity index is 309. The van der Waals surface area contributed by atoms with Gasteiger partial charge in [0.25, 0.3) is 0 Å². The van der Waals surface area contributed by atoms with E-state index >= 15 is 0 Å². The van der Waals surface area contributed by atoms with Gasteiger partial charge in [-0.05, 0) is 30.0 Å². The summed E-state index contributed by atoms with van der Waals surface area (Å²) in [5, 5.41) is 13.3. The van der Waals surface area contributed by atoms with Crippen LogP contribution in [0.25, 0.3) is 0 Å². The normalized spacial score (nSPS) is 13.1. The molecule has 2 N–H and O–H groups in total. The highest BCUT2D eigenvalue weighted by Gasteiger charge is 2.07. The number of hydrogen-bond donors (Lipinski definition) is 2. The lowest BCUT2D eigenvalue weighted by atomic mass is 10.0. The van der Waals surface area contributed by atoms with E-state index in [0.29, 0.717) is 12.5 Å². The van der Waals surface area contributed by atoms with E-state index in [1.165, 1.54) is 5.56 Å². The molecule has 0 spiro atoms. The van der Waals surface area contributed by atoms with Crippen LogP contribution in [-0.4, -0.2) is 18.2 Å². The number of aryl methyl sites for hydroxylation is 1. The molecule has 2 heteroatoms. The molecule has 0 aromatic heterocycles. The summed E-state index contributed by atoms with van der Waals surface area (Å²) in [6, 6.07) is 8.18. The average molecular weight is 221 g/mol. The summed E-state index contributed by atoms with van der Waals surface area (Å²) in [6.07, 6.45) is 0.616. The molecule has 1 atom stereocenters. The van der Waals surface area contributed by atoms with Gasteiger partial charge in [-0.3, -0.25) is 0 Å². The largest absolute Gasteiger partial charge is 0.387 e. The fourth-order valence-electron chi connectivity index (χ4n) is 1.65. The van der Waals surface area contributed by atoms with E-state index in [1.54, 1.807) is 0 Å². The van der Waals surface area contributed by atoms with E-state index in [4.69, 9.17) is 0 Å². The molecule has 0 aliphatic rings. The Hall–Kier alpha value is -0.860. The Morgan fingerprint density at radius 1 is 1.25 bits per heavy atom. The van der Waals surface area contributed by atoms with Crippen molar-refractivity contribution in [3.63, 3.8) is 0 Å². The van der Waals surface area contributed by atoms with Gasteiger partial charge in [0.1, 0.15) is 0 Å². The number of benzene rings is 1. The third-order valence-corrected chi connectivity index (χ3v) is 2.63. The zero-order valence-corrected chi connectivity index (χ0v) is 10.5. The standard InChI is InChI=1S/C14H23NO/c1-4-12-6-5-7-13(8-12)14(16)10-15-9-11(2)3/h5-8,11,14-16H,4,9-10H2,1-3H3. The summed E-state index contributed by atoms with van der Waals surface area (Å²) in [6.45, 7) is 8.03. The van der Waals surface area contributed by atoms with Gasteiger partial charge in [0, 0.05) is 6.54 Å². The molecule has 0 heterocycles. The second-order valence-electron chi connectivity index (χ2n) is 4.67. The first kappa shape index (κ1) is 13.2. The van der Waals surface area contributed by atoms with Crippen molar-refractivity contribution in [1.29, 1.82) is 0 Å². The summed E-state index contributed by atoms with van der Waals surface area (Å²) in [4.78, 5) is 0. The third-order valence-electron chi connectivity index (χ3n) is 2.63. The molecular formula is C14H23NO. The molecule has 0 fully saturated rings. The molecule has 0 aliphatic heterocycles. The molecule has 1 rings (SSSR count). The van der Waals surface area contributed by atoms with Gasteiger partial charge in [-0.25, -0.2) is 0 Å². The molecule has 0 saturated heterocycles. The van der Waals surface area contributed by atoms with Crippen LogP contribution >= 0.6 is 0 Å². The van der Waals surface area contributed by atoms with Gasteiger partial charge in [0.15, 0.2) is 0 Å². The molecule has 0 aliphatic carbocycles. The van der Waals surface area contributed by atoms with E-state index in [2.05, 4.69) is 38.2 Å². The van der Waals surface area contributed by atoms with E-state index in [9.17, 15) is 5.11 Å². The minimum atomic E-state index is -0.398. The zero-order valence-electron chi connectivity index (χ0n) is 10.5. The molecular weight excluding hydrogens is 198 g/mol. The summed E-state index contributed by atoms with van der Waals surface area (Å²) < 4.78 is 0. The van der Waals surface area contributed by atoms with Gasteiger partial charge in [-0.15, -0.1) is 0 Å². The number of hydrogen-bond acceptors (Lipinski definition) is 2. The quantitative estimate of drug-likeness (QED) is 0.773. The number of aliphatic hydroxyl groups is 1. The second kappa shape index (κ2) is 6.66. The first-order chi connectivity index (χ1) is 7.63. The van der Waals surface area contributed by atoms with Gasteiger partial charge in [0.2, 0.25) is 0 Å². The minimum absolute atomic E-state index is 0.398. The maximum atomic E-state index is 9.99. The molecule has 1 unspecified atom stereocenters. The van der Waals surface area contributed by atoms with E-state index < -0.39 is 6.10 Å². The Morgan fingerprint density at radius 3 is 2.62 bits per heavy atom.